The summed E-state index contributed by atoms with van der Waals surface area (Å²) < 4.78 is 12.8. The Kier molecular flexibility index (Phi) is 3.23. The lowest BCUT2D eigenvalue weighted by molar-refractivity contribution is -0.131. The lowest BCUT2D eigenvalue weighted by Crippen LogP contribution is -1.94. The fraction of sp³-hybridized carbons (Fsp3) is 0.111. The topological polar surface area (TPSA) is 73.6 Å². The largest absolute Gasteiger partial charge is 0.478 e. The molecule has 1 aliphatic rings. The van der Waals surface area contributed by atoms with Crippen molar-refractivity contribution < 1.29 is 19.4 Å². The average Bonchev–Trinajstić information content (AvgIpc) is 3.15. The second-order valence-electron chi connectivity index (χ2n) is 5.44. The Morgan fingerprint density at radius 1 is 1.29 bits per heavy atom. The van der Waals surface area contributed by atoms with Crippen LogP contribution in [0, 0.1) is 0 Å². The molecule has 120 valence electrons. The van der Waals surface area contributed by atoms with Gasteiger partial charge in [0, 0.05) is 35.8 Å². The zero-order chi connectivity index (χ0) is 16.7. The van der Waals surface area contributed by atoms with Gasteiger partial charge in [0.1, 0.15) is 5.65 Å². The van der Waals surface area contributed by atoms with E-state index in [9.17, 15) is 4.79 Å². The Hall–Kier alpha value is -3.28. The number of aryl methyl sites for hydroxylation is 1. The van der Waals surface area contributed by atoms with Crippen LogP contribution in [0.3, 0.4) is 0 Å². The highest BCUT2D eigenvalue weighted by Gasteiger charge is 2.19. The van der Waals surface area contributed by atoms with E-state index in [1.807, 2.05) is 41.9 Å². The van der Waals surface area contributed by atoms with Crippen molar-refractivity contribution in [3.05, 3.63) is 48.2 Å². The van der Waals surface area contributed by atoms with Gasteiger partial charge in [0.25, 0.3) is 0 Å². The molecule has 0 unspecified atom stereocenters. The minimum atomic E-state index is -0.993. The fourth-order valence-electron chi connectivity index (χ4n) is 3.00. The van der Waals surface area contributed by atoms with Crippen molar-refractivity contribution in [3.8, 4) is 22.8 Å². The Morgan fingerprint density at radius 2 is 2.12 bits per heavy atom. The zero-order valence-corrected chi connectivity index (χ0v) is 12.9. The molecule has 24 heavy (non-hydrogen) atoms. The molecule has 0 spiro atoms. The van der Waals surface area contributed by atoms with E-state index in [2.05, 4.69) is 4.98 Å². The van der Waals surface area contributed by atoms with Gasteiger partial charge in [-0.25, -0.2) is 9.78 Å². The molecule has 2 aromatic heterocycles. The van der Waals surface area contributed by atoms with Crippen LogP contribution in [0.5, 0.6) is 11.5 Å². The molecule has 3 aromatic rings. The first-order valence-corrected chi connectivity index (χ1v) is 7.39. The van der Waals surface area contributed by atoms with Crippen molar-refractivity contribution >= 4 is 23.1 Å². The Labute approximate surface area is 137 Å². The number of carbonyl (C=O) groups is 1. The van der Waals surface area contributed by atoms with Gasteiger partial charge in [-0.2, -0.15) is 0 Å². The lowest BCUT2D eigenvalue weighted by Gasteiger charge is -2.07. The number of fused-ring (bicyclic) bond motifs is 2. The molecule has 4 rings (SSSR count). The predicted octanol–water partition coefficient (Wildman–Crippen LogP) is 3.07. The van der Waals surface area contributed by atoms with Gasteiger partial charge >= 0.3 is 5.97 Å². The van der Waals surface area contributed by atoms with Crippen molar-refractivity contribution in [1.29, 1.82) is 0 Å². The highest BCUT2D eigenvalue weighted by Crippen LogP contribution is 2.39. The van der Waals surface area contributed by atoms with Crippen LogP contribution in [0.4, 0.5) is 0 Å². The van der Waals surface area contributed by atoms with Gasteiger partial charge < -0.3 is 19.1 Å². The van der Waals surface area contributed by atoms with Gasteiger partial charge in [-0.15, -0.1) is 0 Å². The number of benzene rings is 1. The second-order valence-corrected chi connectivity index (χ2v) is 5.44. The number of carboxylic acids is 1. The first-order valence-electron chi connectivity index (χ1n) is 7.39. The van der Waals surface area contributed by atoms with E-state index >= 15 is 0 Å². The van der Waals surface area contributed by atoms with E-state index in [0.717, 1.165) is 33.9 Å². The SMILES string of the molecule is Cn1c(-c2ccc3c(c2)OCO3)c(/C=C/C(=O)O)c2cccnc21. The summed E-state index contributed by atoms with van der Waals surface area (Å²) in [7, 11) is 1.91. The third-order valence-electron chi connectivity index (χ3n) is 4.02. The smallest absolute Gasteiger partial charge is 0.328 e. The van der Waals surface area contributed by atoms with Gasteiger partial charge in [-0.05, 0) is 36.4 Å². The summed E-state index contributed by atoms with van der Waals surface area (Å²) in [5.74, 6) is 0.393. The number of aromatic nitrogens is 2. The summed E-state index contributed by atoms with van der Waals surface area (Å²) in [5, 5.41) is 9.89. The Balaban J connectivity index is 1.98. The van der Waals surface area contributed by atoms with Crippen molar-refractivity contribution in [2.75, 3.05) is 6.79 Å². The van der Waals surface area contributed by atoms with Crippen LogP contribution in [0.15, 0.2) is 42.6 Å². The zero-order valence-electron chi connectivity index (χ0n) is 12.9. The number of pyridine rings is 1. The molecule has 0 radical (unpaired) electrons. The molecule has 0 amide bonds. The van der Waals surface area contributed by atoms with E-state index in [4.69, 9.17) is 14.6 Å². The van der Waals surface area contributed by atoms with Crippen molar-refractivity contribution in [2.24, 2.45) is 7.05 Å². The Morgan fingerprint density at radius 3 is 2.96 bits per heavy atom. The Bertz CT molecular complexity index is 988. The van der Waals surface area contributed by atoms with Crippen LogP contribution in [-0.4, -0.2) is 27.4 Å². The first kappa shape index (κ1) is 14.3. The van der Waals surface area contributed by atoms with E-state index < -0.39 is 5.97 Å². The number of hydrogen-bond donors (Lipinski definition) is 1. The van der Waals surface area contributed by atoms with Crippen LogP contribution in [0.25, 0.3) is 28.4 Å². The molecule has 3 heterocycles. The minimum Gasteiger partial charge on any atom is -0.478 e. The number of ether oxygens (including phenoxy) is 2. The maximum Gasteiger partial charge on any atom is 0.328 e. The molecule has 0 atom stereocenters. The molecule has 0 bridgehead atoms. The normalized spacial score (nSPS) is 13.0. The third-order valence-corrected chi connectivity index (χ3v) is 4.02. The number of hydrogen-bond acceptors (Lipinski definition) is 4. The molecule has 0 saturated carbocycles. The first-order chi connectivity index (χ1) is 11.6. The quantitative estimate of drug-likeness (QED) is 0.750. The molecule has 6 nitrogen and oxygen atoms in total. The van der Waals surface area contributed by atoms with Gasteiger partial charge in [0.2, 0.25) is 6.79 Å². The molecule has 1 aromatic carbocycles. The molecular weight excluding hydrogens is 308 g/mol. The number of aliphatic carboxylic acids is 1. The van der Waals surface area contributed by atoms with E-state index in [0.29, 0.717) is 11.5 Å². The average molecular weight is 322 g/mol. The highest BCUT2D eigenvalue weighted by atomic mass is 16.7. The van der Waals surface area contributed by atoms with Gasteiger partial charge in [0.05, 0.1) is 5.69 Å². The predicted molar refractivity (Wildman–Crippen MR) is 88.9 cm³/mol. The third kappa shape index (κ3) is 2.20. The molecule has 0 saturated heterocycles. The fourth-order valence-corrected chi connectivity index (χ4v) is 3.00. The highest BCUT2D eigenvalue weighted by molar-refractivity contribution is 5.98. The molecule has 0 fully saturated rings. The van der Waals surface area contributed by atoms with Crippen molar-refractivity contribution in [1.82, 2.24) is 9.55 Å². The summed E-state index contributed by atoms with van der Waals surface area (Å²) >= 11 is 0. The van der Waals surface area contributed by atoms with Gasteiger partial charge in [-0.3, -0.25) is 0 Å². The summed E-state index contributed by atoms with van der Waals surface area (Å²) in [5.41, 5.74) is 3.38. The van der Waals surface area contributed by atoms with Gasteiger partial charge in [0.15, 0.2) is 11.5 Å². The number of rotatable bonds is 3. The van der Waals surface area contributed by atoms with E-state index in [1.54, 1.807) is 12.3 Å². The van der Waals surface area contributed by atoms with Crippen LogP contribution in [0.1, 0.15) is 5.56 Å². The van der Waals surface area contributed by atoms with Crippen molar-refractivity contribution in [3.63, 3.8) is 0 Å². The van der Waals surface area contributed by atoms with Crippen LogP contribution in [-0.2, 0) is 11.8 Å². The van der Waals surface area contributed by atoms with Crippen LogP contribution >= 0.6 is 0 Å². The minimum absolute atomic E-state index is 0.210. The number of nitrogens with zero attached hydrogens (tertiary/aromatic N) is 2. The lowest BCUT2D eigenvalue weighted by atomic mass is 10.0. The second kappa shape index (κ2) is 5.42. The molecule has 1 aliphatic heterocycles. The van der Waals surface area contributed by atoms with E-state index in [-0.39, 0.29) is 6.79 Å². The van der Waals surface area contributed by atoms with Crippen LogP contribution < -0.4 is 9.47 Å². The summed E-state index contributed by atoms with van der Waals surface area (Å²) in [6, 6.07) is 9.45. The summed E-state index contributed by atoms with van der Waals surface area (Å²) in [4.78, 5) is 15.4. The summed E-state index contributed by atoms with van der Waals surface area (Å²) in [6.45, 7) is 0.210. The number of carboxylic acid groups (broad SMARTS) is 1. The molecule has 0 aliphatic carbocycles. The standard InChI is InChI=1S/C18H14N2O4/c1-20-17(11-4-6-14-15(9-11)24-10-23-14)12(5-7-16(21)22)13-3-2-8-19-18(13)20/h2-9H,10H2,1H3,(H,21,22)/b7-5+. The monoisotopic (exact) mass is 322 g/mol. The molecular formula is C18H14N2O4. The van der Waals surface area contributed by atoms with E-state index in [1.165, 1.54) is 0 Å². The van der Waals surface area contributed by atoms with Crippen molar-refractivity contribution in [2.45, 2.75) is 0 Å². The van der Waals surface area contributed by atoms with Gasteiger partial charge in [-0.1, -0.05) is 0 Å². The summed E-state index contributed by atoms with van der Waals surface area (Å²) in [6.07, 6.45) is 4.46. The van der Waals surface area contributed by atoms with Crippen LogP contribution in [0.2, 0.25) is 0 Å². The maximum atomic E-state index is 11.0. The molecule has 6 heteroatoms. The maximum absolute atomic E-state index is 11.0. The molecule has 1 N–H and O–H groups in total.